The average molecular weight is 441 g/mol. The zero-order valence-corrected chi connectivity index (χ0v) is 18.2. The van der Waals surface area contributed by atoms with Crippen molar-refractivity contribution in [1.29, 1.82) is 0 Å². The van der Waals surface area contributed by atoms with Gasteiger partial charge in [0.2, 0.25) is 6.79 Å². The Morgan fingerprint density at radius 1 is 1.31 bits per heavy atom. The lowest BCUT2D eigenvalue weighted by Crippen LogP contribution is -2.53. The molecule has 0 amide bonds. The standard InChI is InChI=1S/C24H27NO7/c1-3-4-22(27)31-16-5-6-24-17-10-19-18(29-13-30-19)8-15(17)11-25(20(24)9-16)12-21(24)32-23(28)7-14(2)26/h3-6,8,10,14,16,20-21,26H,7,9,11-13H2,1-2H3/b4-3+/t14-,16-,20-,21+,24-/m0/s1. The predicted octanol–water partition coefficient (Wildman–Crippen LogP) is 1.98. The molecule has 1 unspecified atom stereocenters. The van der Waals surface area contributed by atoms with E-state index in [1.54, 1.807) is 19.9 Å². The topological polar surface area (TPSA) is 94.5 Å². The molecule has 1 N–H and O–H groups in total. The number of benzene rings is 1. The van der Waals surface area contributed by atoms with Crippen LogP contribution in [-0.2, 0) is 31.0 Å². The number of allylic oxidation sites excluding steroid dienone is 1. The highest BCUT2D eigenvalue weighted by molar-refractivity contribution is 5.82. The maximum Gasteiger partial charge on any atom is 0.331 e. The number of ether oxygens (including phenoxy) is 4. The molecule has 170 valence electrons. The van der Waals surface area contributed by atoms with Crippen molar-refractivity contribution in [3.63, 3.8) is 0 Å². The highest BCUT2D eigenvalue weighted by Gasteiger charge is 2.61. The molecule has 1 aliphatic carbocycles. The SMILES string of the molecule is C/C=C/C(=O)O[C@H]1C=C[C@@]23c4cc5c(cc4CN(C[C@H]2OC(=O)C[C@H](C)O)[C@H]3C1)OCO5. The second-order valence-corrected chi connectivity index (χ2v) is 8.84. The van der Waals surface area contributed by atoms with Gasteiger partial charge in [0.15, 0.2) is 11.5 Å². The summed E-state index contributed by atoms with van der Waals surface area (Å²) in [5, 5.41) is 9.63. The number of aliphatic hydroxyl groups is 1. The molecule has 1 saturated heterocycles. The monoisotopic (exact) mass is 441 g/mol. The van der Waals surface area contributed by atoms with Crippen molar-refractivity contribution >= 4 is 11.9 Å². The van der Waals surface area contributed by atoms with Crippen molar-refractivity contribution in [2.75, 3.05) is 13.3 Å². The summed E-state index contributed by atoms with van der Waals surface area (Å²) in [5.74, 6) is 0.602. The fraction of sp³-hybridized carbons (Fsp3) is 0.500. The van der Waals surface area contributed by atoms with E-state index >= 15 is 0 Å². The minimum absolute atomic E-state index is 0.00636. The quantitative estimate of drug-likeness (QED) is 0.421. The first-order chi connectivity index (χ1) is 15.4. The van der Waals surface area contributed by atoms with Crippen LogP contribution < -0.4 is 9.47 Å². The smallest absolute Gasteiger partial charge is 0.331 e. The van der Waals surface area contributed by atoms with E-state index < -0.39 is 23.6 Å². The molecule has 5 rings (SSSR count). The van der Waals surface area contributed by atoms with Gasteiger partial charge in [-0.2, -0.15) is 0 Å². The normalized spacial score (nSPS) is 32.3. The van der Waals surface area contributed by atoms with Crippen molar-refractivity contribution in [3.8, 4) is 11.5 Å². The van der Waals surface area contributed by atoms with E-state index in [9.17, 15) is 14.7 Å². The van der Waals surface area contributed by atoms with Crippen LogP contribution in [0, 0.1) is 0 Å². The number of esters is 2. The van der Waals surface area contributed by atoms with Crippen LogP contribution in [0.3, 0.4) is 0 Å². The maximum atomic E-state index is 12.5. The Morgan fingerprint density at radius 3 is 2.84 bits per heavy atom. The third kappa shape index (κ3) is 3.38. The van der Waals surface area contributed by atoms with E-state index in [0.29, 0.717) is 25.3 Å². The van der Waals surface area contributed by atoms with Crippen LogP contribution in [0.15, 0.2) is 36.4 Å². The van der Waals surface area contributed by atoms with Gasteiger partial charge in [0, 0.05) is 31.6 Å². The van der Waals surface area contributed by atoms with Crippen molar-refractivity contribution < 1.29 is 33.6 Å². The van der Waals surface area contributed by atoms with Gasteiger partial charge in [0.1, 0.15) is 12.2 Å². The third-order valence-corrected chi connectivity index (χ3v) is 6.71. The molecule has 3 heterocycles. The van der Waals surface area contributed by atoms with Gasteiger partial charge in [-0.3, -0.25) is 9.69 Å². The van der Waals surface area contributed by atoms with Crippen molar-refractivity contribution in [2.45, 2.75) is 63.0 Å². The largest absolute Gasteiger partial charge is 0.460 e. The van der Waals surface area contributed by atoms with Gasteiger partial charge >= 0.3 is 11.9 Å². The van der Waals surface area contributed by atoms with Gasteiger partial charge in [-0.15, -0.1) is 0 Å². The average Bonchev–Trinajstić information content (AvgIpc) is 3.27. The zero-order chi connectivity index (χ0) is 22.5. The van der Waals surface area contributed by atoms with Gasteiger partial charge in [0.05, 0.1) is 17.9 Å². The summed E-state index contributed by atoms with van der Waals surface area (Å²) in [5.41, 5.74) is 1.56. The van der Waals surface area contributed by atoms with Crippen molar-refractivity contribution in [2.24, 2.45) is 0 Å². The molecule has 1 aromatic rings. The lowest BCUT2D eigenvalue weighted by atomic mass is 9.65. The van der Waals surface area contributed by atoms with Crippen LogP contribution >= 0.6 is 0 Å². The molecule has 1 fully saturated rings. The number of hydrogen-bond donors (Lipinski definition) is 1. The molecule has 3 aliphatic heterocycles. The Kier molecular flexibility index (Phi) is 5.22. The minimum Gasteiger partial charge on any atom is -0.460 e. The Labute approximate surface area is 186 Å². The molecule has 4 aliphatic rings. The number of carbonyl (C=O) groups is 2. The number of rotatable bonds is 5. The van der Waals surface area contributed by atoms with Crippen molar-refractivity contribution in [1.82, 2.24) is 4.90 Å². The third-order valence-electron chi connectivity index (χ3n) is 6.71. The number of fused-ring (bicyclic) bond motifs is 2. The molecule has 8 heteroatoms. The van der Waals surface area contributed by atoms with Gasteiger partial charge < -0.3 is 24.1 Å². The molecular weight excluding hydrogens is 414 g/mol. The molecule has 32 heavy (non-hydrogen) atoms. The fourth-order valence-corrected chi connectivity index (χ4v) is 5.48. The van der Waals surface area contributed by atoms with Gasteiger partial charge in [-0.25, -0.2) is 4.79 Å². The van der Waals surface area contributed by atoms with Crippen LogP contribution in [0.25, 0.3) is 0 Å². The van der Waals surface area contributed by atoms with Crippen molar-refractivity contribution in [3.05, 3.63) is 47.6 Å². The maximum absolute atomic E-state index is 12.5. The van der Waals surface area contributed by atoms with Crippen LogP contribution in [-0.4, -0.2) is 59.6 Å². The van der Waals surface area contributed by atoms with Gasteiger partial charge in [-0.1, -0.05) is 12.2 Å². The summed E-state index contributed by atoms with van der Waals surface area (Å²) in [4.78, 5) is 26.8. The van der Waals surface area contributed by atoms with E-state index in [2.05, 4.69) is 4.90 Å². The Hall–Kier alpha value is -2.84. The van der Waals surface area contributed by atoms with Crippen LogP contribution in [0.5, 0.6) is 11.5 Å². The van der Waals surface area contributed by atoms with Crippen LogP contribution in [0.4, 0.5) is 0 Å². The molecular formula is C24H27NO7. The Balaban J connectivity index is 1.54. The first-order valence-electron chi connectivity index (χ1n) is 11.0. The molecule has 1 aromatic carbocycles. The molecule has 0 aromatic heterocycles. The first kappa shape index (κ1) is 21.0. The fourth-order valence-electron chi connectivity index (χ4n) is 5.48. The van der Waals surface area contributed by atoms with E-state index in [0.717, 1.165) is 16.9 Å². The summed E-state index contributed by atoms with van der Waals surface area (Å²) >= 11 is 0. The molecule has 6 atom stereocenters. The second kappa shape index (κ2) is 7.94. The summed E-state index contributed by atoms with van der Waals surface area (Å²) < 4.78 is 22.8. The number of nitrogens with zero attached hydrogens (tertiary/aromatic N) is 1. The Morgan fingerprint density at radius 2 is 2.09 bits per heavy atom. The van der Waals surface area contributed by atoms with Gasteiger partial charge in [0.25, 0.3) is 0 Å². The lowest BCUT2D eigenvalue weighted by molar-refractivity contribution is -0.152. The molecule has 0 radical (unpaired) electrons. The van der Waals surface area contributed by atoms with E-state index in [1.807, 2.05) is 24.3 Å². The molecule has 8 nitrogen and oxygen atoms in total. The lowest BCUT2D eigenvalue weighted by Gasteiger charge is -2.46. The van der Waals surface area contributed by atoms with Gasteiger partial charge in [-0.05, 0) is 43.2 Å². The molecule has 2 bridgehead atoms. The zero-order valence-electron chi connectivity index (χ0n) is 18.2. The molecule has 0 saturated carbocycles. The number of carbonyl (C=O) groups excluding carboxylic acids is 2. The van der Waals surface area contributed by atoms with E-state index in [1.165, 1.54) is 6.08 Å². The predicted molar refractivity (Wildman–Crippen MR) is 113 cm³/mol. The second-order valence-electron chi connectivity index (χ2n) is 8.84. The van der Waals surface area contributed by atoms with E-state index in [4.69, 9.17) is 18.9 Å². The first-order valence-corrected chi connectivity index (χ1v) is 11.0. The van der Waals surface area contributed by atoms with E-state index in [-0.39, 0.29) is 31.3 Å². The number of hydrogen-bond acceptors (Lipinski definition) is 8. The summed E-state index contributed by atoms with van der Waals surface area (Å²) in [6.07, 6.45) is 5.98. The molecule has 0 spiro atoms. The van der Waals surface area contributed by atoms with Crippen LogP contribution in [0.1, 0.15) is 37.8 Å². The number of aliphatic hydroxyl groups excluding tert-OH is 1. The summed E-state index contributed by atoms with van der Waals surface area (Å²) in [6.45, 7) is 4.75. The Bertz CT molecular complexity index is 1000. The van der Waals surface area contributed by atoms with Crippen LogP contribution in [0.2, 0.25) is 0 Å². The summed E-state index contributed by atoms with van der Waals surface area (Å²) in [6, 6.07) is 4.00. The summed E-state index contributed by atoms with van der Waals surface area (Å²) in [7, 11) is 0. The highest BCUT2D eigenvalue weighted by atomic mass is 16.7. The highest BCUT2D eigenvalue weighted by Crippen LogP contribution is 2.54. The minimum atomic E-state index is -0.768.